The standard InChI is InChI=1S/C44H41NO11/c1-28(46)56-44(2)37(27-51-40(47)30-13-7-4-8-14-30)53-43(52-36-26-34(45)22-21-33(36)25-29-19-23-35(50-3)24-20-29)38(54-41(48)31-15-9-5-10-16-31)39(44)55-42(49)32-17-11-6-12-18-32/h4-24,26,37-39,43H,25,27,45H2,1-3H3/t37-,38-,39-,43+,44-/m1/s1. The molecule has 0 spiro atoms. The monoisotopic (exact) mass is 759 g/mol. The highest BCUT2D eigenvalue weighted by molar-refractivity contribution is 5.91. The van der Waals surface area contributed by atoms with Crippen LogP contribution in [0.5, 0.6) is 11.5 Å². The van der Waals surface area contributed by atoms with Gasteiger partial charge in [-0.15, -0.1) is 0 Å². The Morgan fingerprint density at radius 2 is 1.27 bits per heavy atom. The summed E-state index contributed by atoms with van der Waals surface area (Å²) in [6.07, 6.45) is -5.66. The number of ether oxygens (including phenoxy) is 7. The molecular weight excluding hydrogens is 718 g/mol. The van der Waals surface area contributed by atoms with Crippen molar-refractivity contribution in [2.45, 2.75) is 50.5 Å². The van der Waals surface area contributed by atoms with Crippen LogP contribution in [0, 0.1) is 0 Å². The van der Waals surface area contributed by atoms with Crippen molar-refractivity contribution in [1.29, 1.82) is 0 Å². The molecule has 12 nitrogen and oxygen atoms in total. The molecule has 6 rings (SSSR count). The molecule has 5 atom stereocenters. The second-order valence-electron chi connectivity index (χ2n) is 13.2. The zero-order chi connectivity index (χ0) is 39.7. The van der Waals surface area contributed by atoms with Crippen LogP contribution in [-0.4, -0.2) is 67.8 Å². The van der Waals surface area contributed by atoms with Gasteiger partial charge in [0, 0.05) is 25.1 Å². The van der Waals surface area contributed by atoms with Crippen molar-refractivity contribution in [3.8, 4) is 11.5 Å². The molecule has 1 saturated heterocycles. The van der Waals surface area contributed by atoms with Crippen LogP contribution in [0.1, 0.15) is 56.0 Å². The van der Waals surface area contributed by atoms with Crippen LogP contribution in [0.3, 0.4) is 0 Å². The molecule has 1 fully saturated rings. The fraction of sp³-hybridized carbons (Fsp3) is 0.227. The Bertz CT molecular complexity index is 2130. The van der Waals surface area contributed by atoms with Crippen LogP contribution in [0.15, 0.2) is 133 Å². The van der Waals surface area contributed by atoms with E-state index in [-0.39, 0.29) is 22.4 Å². The Morgan fingerprint density at radius 1 is 0.714 bits per heavy atom. The van der Waals surface area contributed by atoms with E-state index in [1.165, 1.54) is 13.8 Å². The SMILES string of the molecule is COc1ccc(Cc2ccc(N)cc2O[C@H]2O[C@H](COC(=O)c3ccccc3)[C@@](C)(OC(C)=O)[C@H](OC(=O)c3ccccc3)[C@H]2OC(=O)c2ccccc2)cc1. The minimum Gasteiger partial charge on any atom is -0.497 e. The number of methoxy groups -OCH3 is 1. The lowest BCUT2D eigenvalue weighted by Crippen LogP contribution is -2.70. The highest BCUT2D eigenvalue weighted by Crippen LogP contribution is 2.40. The van der Waals surface area contributed by atoms with E-state index in [1.54, 1.807) is 116 Å². The lowest BCUT2D eigenvalue weighted by atomic mass is 9.85. The Kier molecular flexibility index (Phi) is 12.3. The summed E-state index contributed by atoms with van der Waals surface area (Å²) >= 11 is 0. The van der Waals surface area contributed by atoms with Crippen molar-refractivity contribution in [3.63, 3.8) is 0 Å². The first-order valence-electron chi connectivity index (χ1n) is 17.8. The van der Waals surface area contributed by atoms with Crippen molar-refractivity contribution in [2.75, 3.05) is 19.5 Å². The van der Waals surface area contributed by atoms with E-state index in [9.17, 15) is 19.2 Å². The summed E-state index contributed by atoms with van der Waals surface area (Å²) in [6.45, 7) is 2.12. The number of hydrogen-bond donors (Lipinski definition) is 1. The molecule has 1 heterocycles. The van der Waals surface area contributed by atoms with Gasteiger partial charge in [-0.05, 0) is 72.6 Å². The van der Waals surface area contributed by atoms with E-state index in [0.717, 1.165) is 5.56 Å². The third kappa shape index (κ3) is 9.34. The van der Waals surface area contributed by atoms with Gasteiger partial charge in [0.25, 0.3) is 0 Å². The maximum atomic E-state index is 13.9. The zero-order valence-corrected chi connectivity index (χ0v) is 31.0. The van der Waals surface area contributed by atoms with Gasteiger partial charge < -0.3 is 38.9 Å². The zero-order valence-electron chi connectivity index (χ0n) is 31.0. The van der Waals surface area contributed by atoms with E-state index in [0.29, 0.717) is 23.4 Å². The summed E-state index contributed by atoms with van der Waals surface area (Å²) in [5, 5.41) is 0. The molecule has 0 radical (unpaired) electrons. The number of hydrogen-bond acceptors (Lipinski definition) is 12. The van der Waals surface area contributed by atoms with Crippen LogP contribution in [0.25, 0.3) is 0 Å². The van der Waals surface area contributed by atoms with E-state index in [2.05, 4.69) is 0 Å². The minimum atomic E-state index is -1.92. The summed E-state index contributed by atoms with van der Waals surface area (Å²) < 4.78 is 42.4. The number of rotatable bonds is 13. The Labute approximate surface area is 324 Å². The Morgan fingerprint density at radius 3 is 1.82 bits per heavy atom. The van der Waals surface area contributed by atoms with Gasteiger partial charge in [-0.2, -0.15) is 0 Å². The van der Waals surface area contributed by atoms with Crippen LogP contribution in [0.4, 0.5) is 5.69 Å². The molecule has 5 aromatic rings. The van der Waals surface area contributed by atoms with Gasteiger partial charge in [0.1, 0.15) is 24.2 Å². The minimum absolute atomic E-state index is 0.166. The lowest BCUT2D eigenvalue weighted by Gasteiger charge is -2.50. The third-order valence-electron chi connectivity index (χ3n) is 9.19. The summed E-state index contributed by atoms with van der Waals surface area (Å²) in [6, 6.07) is 37.1. The van der Waals surface area contributed by atoms with Gasteiger partial charge in [0.05, 0.1) is 23.8 Å². The Hall–Kier alpha value is -6.66. The quantitative estimate of drug-likeness (QED) is 0.0780. The average molecular weight is 760 g/mol. The van der Waals surface area contributed by atoms with E-state index >= 15 is 0 Å². The maximum Gasteiger partial charge on any atom is 0.338 e. The van der Waals surface area contributed by atoms with Crippen molar-refractivity contribution in [2.24, 2.45) is 0 Å². The molecule has 12 heteroatoms. The fourth-order valence-electron chi connectivity index (χ4n) is 6.31. The number of benzene rings is 5. The van der Waals surface area contributed by atoms with Gasteiger partial charge in [-0.3, -0.25) is 4.79 Å². The predicted octanol–water partition coefficient (Wildman–Crippen LogP) is 6.60. The topological polar surface area (TPSA) is 159 Å². The van der Waals surface area contributed by atoms with Gasteiger partial charge in [-0.1, -0.05) is 72.8 Å². The van der Waals surface area contributed by atoms with Crippen LogP contribution < -0.4 is 15.2 Å². The molecular formula is C44H41NO11. The molecule has 0 saturated carbocycles. The summed E-state index contributed by atoms with van der Waals surface area (Å²) in [5.74, 6) is -2.15. The molecule has 0 bridgehead atoms. The highest BCUT2D eigenvalue weighted by Gasteiger charge is 2.61. The van der Waals surface area contributed by atoms with E-state index < -0.39 is 60.7 Å². The second-order valence-corrected chi connectivity index (χ2v) is 13.2. The Balaban J connectivity index is 1.44. The molecule has 0 unspecified atom stereocenters. The number of carbonyl (C=O) groups excluding carboxylic acids is 4. The fourth-order valence-corrected chi connectivity index (χ4v) is 6.31. The molecule has 0 aromatic heterocycles. The first kappa shape index (κ1) is 39.0. The molecule has 0 amide bonds. The third-order valence-corrected chi connectivity index (χ3v) is 9.19. The lowest BCUT2D eigenvalue weighted by molar-refractivity contribution is -0.309. The van der Waals surface area contributed by atoms with Gasteiger partial charge in [-0.25, -0.2) is 14.4 Å². The highest BCUT2D eigenvalue weighted by atomic mass is 16.7. The molecule has 5 aromatic carbocycles. The molecule has 1 aliphatic rings. The summed E-state index contributed by atoms with van der Waals surface area (Å²) in [4.78, 5) is 53.8. The van der Waals surface area contributed by atoms with Gasteiger partial charge >= 0.3 is 23.9 Å². The maximum absolute atomic E-state index is 13.9. The van der Waals surface area contributed by atoms with Crippen molar-refractivity contribution in [1.82, 2.24) is 0 Å². The normalized spacial score (nSPS) is 20.2. The van der Waals surface area contributed by atoms with E-state index in [4.69, 9.17) is 38.9 Å². The van der Waals surface area contributed by atoms with Crippen molar-refractivity contribution >= 4 is 29.6 Å². The second kappa shape index (κ2) is 17.7. The number of nitrogen functional groups attached to an aromatic ring is 1. The number of esters is 4. The molecule has 0 aliphatic carbocycles. The summed E-state index contributed by atoms with van der Waals surface area (Å²) in [7, 11) is 1.58. The van der Waals surface area contributed by atoms with E-state index in [1.807, 2.05) is 24.3 Å². The van der Waals surface area contributed by atoms with Crippen LogP contribution >= 0.6 is 0 Å². The van der Waals surface area contributed by atoms with Gasteiger partial charge in [0.15, 0.2) is 11.7 Å². The smallest absolute Gasteiger partial charge is 0.338 e. The molecule has 1 aliphatic heterocycles. The summed E-state index contributed by atoms with van der Waals surface area (Å²) in [5.41, 5.74) is 6.90. The molecule has 56 heavy (non-hydrogen) atoms. The van der Waals surface area contributed by atoms with Crippen LogP contribution in [-0.2, 0) is 34.9 Å². The number of nitrogens with two attached hydrogens (primary N) is 1. The van der Waals surface area contributed by atoms with Crippen LogP contribution in [0.2, 0.25) is 0 Å². The van der Waals surface area contributed by atoms with Gasteiger partial charge in [0.2, 0.25) is 12.4 Å². The largest absolute Gasteiger partial charge is 0.497 e. The molecule has 288 valence electrons. The first-order chi connectivity index (χ1) is 27.0. The molecule has 2 N–H and O–H groups in total. The number of anilines is 1. The number of carbonyl (C=O) groups is 4. The predicted molar refractivity (Wildman–Crippen MR) is 204 cm³/mol. The average Bonchev–Trinajstić information content (AvgIpc) is 3.21. The van der Waals surface area contributed by atoms with Crippen molar-refractivity contribution < 1.29 is 52.3 Å². The first-order valence-corrected chi connectivity index (χ1v) is 17.8. The van der Waals surface area contributed by atoms with Crippen molar-refractivity contribution in [3.05, 3.63) is 161 Å².